The minimum atomic E-state index is -0.220. The SMILES string of the molecule is Cn1c(C(=O)NCC(=O)N2CCOCC2)cc2sccc21. The number of thiophene rings is 1. The molecule has 0 saturated carbocycles. The zero-order valence-corrected chi connectivity index (χ0v) is 12.6. The maximum Gasteiger partial charge on any atom is 0.268 e. The van der Waals surface area contributed by atoms with E-state index in [9.17, 15) is 9.59 Å². The molecular weight excluding hydrogens is 290 g/mol. The molecule has 0 spiro atoms. The molecule has 21 heavy (non-hydrogen) atoms. The van der Waals surface area contributed by atoms with Crippen molar-refractivity contribution in [3.05, 3.63) is 23.2 Å². The van der Waals surface area contributed by atoms with E-state index in [1.807, 2.05) is 29.1 Å². The summed E-state index contributed by atoms with van der Waals surface area (Å²) in [5, 5.41) is 4.69. The smallest absolute Gasteiger partial charge is 0.268 e. The number of aryl methyl sites for hydroxylation is 1. The van der Waals surface area contributed by atoms with Gasteiger partial charge in [-0.05, 0) is 17.5 Å². The third kappa shape index (κ3) is 2.79. The van der Waals surface area contributed by atoms with Crippen molar-refractivity contribution in [2.45, 2.75) is 0 Å². The Hall–Kier alpha value is -1.86. The summed E-state index contributed by atoms with van der Waals surface area (Å²) in [6.07, 6.45) is 0. The maximum absolute atomic E-state index is 12.2. The Morgan fingerprint density at radius 1 is 1.38 bits per heavy atom. The number of hydrogen-bond acceptors (Lipinski definition) is 4. The highest BCUT2D eigenvalue weighted by Gasteiger charge is 2.19. The van der Waals surface area contributed by atoms with Gasteiger partial charge < -0.3 is 19.5 Å². The van der Waals surface area contributed by atoms with Gasteiger partial charge in [-0.25, -0.2) is 0 Å². The molecule has 6 nitrogen and oxygen atoms in total. The molecule has 1 aliphatic heterocycles. The minimum absolute atomic E-state index is 0.0255. The van der Waals surface area contributed by atoms with E-state index in [1.165, 1.54) is 0 Å². The molecule has 0 radical (unpaired) electrons. The summed E-state index contributed by atoms with van der Waals surface area (Å²) >= 11 is 1.60. The van der Waals surface area contributed by atoms with E-state index in [2.05, 4.69) is 5.32 Å². The van der Waals surface area contributed by atoms with Crippen LogP contribution in [-0.4, -0.2) is 54.1 Å². The number of hydrogen-bond donors (Lipinski definition) is 1. The third-order valence-corrected chi connectivity index (χ3v) is 4.51. The summed E-state index contributed by atoms with van der Waals surface area (Å²) in [7, 11) is 1.85. The largest absolute Gasteiger partial charge is 0.378 e. The summed E-state index contributed by atoms with van der Waals surface area (Å²) in [6, 6.07) is 3.84. The van der Waals surface area contributed by atoms with Crippen LogP contribution in [0.2, 0.25) is 0 Å². The van der Waals surface area contributed by atoms with E-state index in [4.69, 9.17) is 4.74 Å². The number of nitrogens with one attached hydrogen (secondary N) is 1. The lowest BCUT2D eigenvalue weighted by Gasteiger charge is -2.26. The molecule has 1 fully saturated rings. The normalized spacial score (nSPS) is 15.4. The maximum atomic E-state index is 12.2. The second-order valence-electron chi connectivity index (χ2n) is 4.93. The van der Waals surface area contributed by atoms with Crippen LogP contribution >= 0.6 is 11.3 Å². The lowest BCUT2D eigenvalue weighted by atomic mass is 10.3. The lowest BCUT2D eigenvalue weighted by molar-refractivity contribution is -0.134. The van der Waals surface area contributed by atoms with Crippen molar-refractivity contribution in [2.24, 2.45) is 7.05 Å². The first-order chi connectivity index (χ1) is 10.2. The van der Waals surface area contributed by atoms with Crippen LogP contribution in [0.25, 0.3) is 10.2 Å². The fourth-order valence-electron chi connectivity index (χ4n) is 2.44. The highest BCUT2D eigenvalue weighted by molar-refractivity contribution is 7.17. The van der Waals surface area contributed by atoms with Gasteiger partial charge in [0.25, 0.3) is 5.91 Å². The second kappa shape index (κ2) is 5.87. The zero-order chi connectivity index (χ0) is 14.8. The average Bonchev–Trinajstić information content (AvgIpc) is 3.09. The molecule has 1 N–H and O–H groups in total. The average molecular weight is 307 g/mol. The molecule has 0 aromatic carbocycles. The second-order valence-corrected chi connectivity index (χ2v) is 5.88. The number of ether oxygens (including phenoxy) is 1. The van der Waals surface area contributed by atoms with Crippen LogP contribution < -0.4 is 5.32 Å². The summed E-state index contributed by atoms with van der Waals surface area (Å²) in [5.74, 6) is -0.287. The lowest BCUT2D eigenvalue weighted by Crippen LogP contribution is -2.45. The van der Waals surface area contributed by atoms with Crippen molar-refractivity contribution in [3.8, 4) is 0 Å². The van der Waals surface area contributed by atoms with Crippen molar-refractivity contribution >= 4 is 33.4 Å². The molecular formula is C14H17N3O3S. The number of carbonyl (C=O) groups is 2. The number of morpholine rings is 1. The Morgan fingerprint density at radius 3 is 2.86 bits per heavy atom. The van der Waals surface area contributed by atoms with Crippen molar-refractivity contribution in [2.75, 3.05) is 32.8 Å². The molecule has 1 saturated heterocycles. The van der Waals surface area contributed by atoms with Crippen LogP contribution in [0, 0.1) is 0 Å². The Bertz CT molecular complexity index is 670. The molecule has 2 amide bonds. The van der Waals surface area contributed by atoms with Crippen molar-refractivity contribution in [1.82, 2.24) is 14.8 Å². The van der Waals surface area contributed by atoms with Crippen LogP contribution in [0.1, 0.15) is 10.5 Å². The van der Waals surface area contributed by atoms with E-state index in [0.29, 0.717) is 32.0 Å². The minimum Gasteiger partial charge on any atom is -0.378 e. The molecule has 3 heterocycles. The molecule has 0 atom stereocenters. The van der Waals surface area contributed by atoms with Crippen molar-refractivity contribution < 1.29 is 14.3 Å². The quantitative estimate of drug-likeness (QED) is 0.913. The molecule has 3 rings (SSSR count). The van der Waals surface area contributed by atoms with Gasteiger partial charge in [0.1, 0.15) is 5.69 Å². The summed E-state index contributed by atoms with van der Waals surface area (Å²) in [6.45, 7) is 2.34. The van der Waals surface area contributed by atoms with Crippen LogP contribution in [0.4, 0.5) is 0 Å². The Morgan fingerprint density at radius 2 is 2.14 bits per heavy atom. The standard InChI is InChI=1S/C14H17N3O3S/c1-16-10-2-7-21-12(10)8-11(16)14(19)15-9-13(18)17-3-5-20-6-4-17/h2,7-8H,3-6,9H2,1H3,(H,15,19). The van der Waals surface area contributed by atoms with Gasteiger partial charge >= 0.3 is 0 Å². The van der Waals surface area contributed by atoms with Crippen molar-refractivity contribution in [3.63, 3.8) is 0 Å². The molecule has 0 aliphatic carbocycles. The predicted molar refractivity (Wildman–Crippen MR) is 80.5 cm³/mol. The van der Waals surface area contributed by atoms with E-state index in [1.54, 1.807) is 16.2 Å². The van der Waals surface area contributed by atoms with Gasteiger partial charge in [-0.15, -0.1) is 11.3 Å². The number of fused-ring (bicyclic) bond motifs is 1. The summed E-state index contributed by atoms with van der Waals surface area (Å²) in [4.78, 5) is 25.9. The fraction of sp³-hybridized carbons (Fsp3) is 0.429. The first-order valence-corrected chi connectivity index (χ1v) is 7.71. The Labute approximate surface area is 126 Å². The summed E-state index contributed by atoms with van der Waals surface area (Å²) in [5.41, 5.74) is 1.61. The van der Waals surface area contributed by atoms with Gasteiger partial charge in [0, 0.05) is 20.1 Å². The topological polar surface area (TPSA) is 63.6 Å². The molecule has 2 aromatic heterocycles. The van der Waals surface area contributed by atoms with Crippen LogP contribution in [0.3, 0.4) is 0 Å². The van der Waals surface area contributed by atoms with Crippen molar-refractivity contribution in [1.29, 1.82) is 0 Å². The van der Waals surface area contributed by atoms with E-state index < -0.39 is 0 Å². The van der Waals surface area contributed by atoms with Gasteiger partial charge in [0.05, 0.1) is 30.0 Å². The van der Waals surface area contributed by atoms with Gasteiger partial charge in [0.15, 0.2) is 0 Å². The fourth-order valence-corrected chi connectivity index (χ4v) is 3.29. The predicted octanol–water partition coefficient (Wildman–Crippen LogP) is 0.828. The molecule has 0 unspecified atom stereocenters. The van der Waals surface area contributed by atoms with E-state index >= 15 is 0 Å². The number of nitrogens with zero attached hydrogens (tertiary/aromatic N) is 2. The Balaban J connectivity index is 1.62. The summed E-state index contributed by atoms with van der Waals surface area (Å²) < 4.78 is 8.12. The Kier molecular flexibility index (Phi) is 3.94. The van der Waals surface area contributed by atoms with Gasteiger partial charge in [-0.3, -0.25) is 9.59 Å². The van der Waals surface area contributed by atoms with Gasteiger partial charge in [0.2, 0.25) is 5.91 Å². The molecule has 0 bridgehead atoms. The van der Waals surface area contributed by atoms with Gasteiger partial charge in [-0.1, -0.05) is 0 Å². The highest BCUT2D eigenvalue weighted by Crippen LogP contribution is 2.23. The van der Waals surface area contributed by atoms with E-state index in [-0.39, 0.29) is 18.4 Å². The number of amides is 2. The van der Waals surface area contributed by atoms with Gasteiger partial charge in [-0.2, -0.15) is 0 Å². The molecule has 7 heteroatoms. The first kappa shape index (κ1) is 14.1. The number of rotatable bonds is 3. The molecule has 112 valence electrons. The third-order valence-electron chi connectivity index (χ3n) is 3.66. The van der Waals surface area contributed by atoms with Crippen LogP contribution in [-0.2, 0) is 16.6 Å². The zero-order valence-electron chi connectivity index (χ0n) is 11.8. The van der Waals surface area contributed by atoms with Crippen LogP contribution in [0.15, 0.2) is 17.5 Å². The highest BCUT2D eigenvalue weighted by atomic mass is 32.1. The van der Waals surface area contributed by atoms with Crippen LogP contribution in [0.5, 0.6) is 0 Å². The monoisotopic (exact) mass is 307 g/mol. The number of aromatic nitrogens is 1. The molecule has 1 aliphatic rings. The number of carbonyl (C=O) groups excluding carboxylic acids is 2. The first-order valence-electron chi connectivity index (χ1n) is 6.83. The van der Waals surface area contributed by atoms with E-state index in [0.717, 1.165) is 10.2 Å². The molecule has 2 aromatic rings.